The van der Waals surface area contributed by atoms with Gasteiger partial charge in [0.1, 0.15) is 10.9 Å². The zero-order valence-corrected chi connectivity index (χ0v) is 10.7. The lowest BCUT2D eigenvalue weighted by molar-refractivity contribution is -0.121. The summed E-state index contributed by atoms with van der Waals surface area (Å²) in [6, 6.07) is 7.41. The molecule has 1 aliphatic rings. The summed E-state index contributed by atoms with van der Waals surface area (Å²) in [6.45, 7) is 0.390. The molecule has 19 heavy (non-hydrogen) atoms. The smallest absolute Gasteiger partial charge is 0.265 e. The molecule has 0 bridgehead atoms. The molecule has 2 heterocycles. The van der Waals surface area contributed by atoms with Gasteiger partial charge in [-0.1, -0.05) is 23.7 Å². The highest BCUT2D eigenvalue weighted by atomic mass is 35.5. The standard InChI is InChI=1S/C13H10ClN3O2/c14-12-6-15-9(5-16-12)7-17-10-3-1-2-4-11(10)19-8-13(17)18/h1-6H,7-8H2. The molecule has 1 aromatic heterocycles. The minimum absolute atomic E-state index is 0.0397. The summed E-state index contributed by atoms with van der Waals surface area (Å²) in [6.07, 6.45) is 3.03. The molecule has 6 heteroatoms. The number of carbonyl (C=O) groups is 1. The topological polar surface area (TPSA) is 55.3 Å². The van der Waals surface area contributed by atoms with E-state index in [1.165, 1.54) is 6.20 Å². The normalized spacial score (nSPS) is 13.9. The number of fused-ring (bicyclic) bond motifs is 1. The number of hydrogen-bond acceptors (Lipinski definition) is 4. The largest absolute Gasteiger partial charge is 0.482 e. The molecule has 3 rings (SSSR count). The summed E-state index contributed by atoms with van der Waals surface area (Å²) in [5, 5.41) is 0.331. The van der Waals surface area contributed by atoms with Crippen molar-refractivity contribution in [3.63, 3.8) is 0 Å². The molecule has 1 aliphatic heterocycles. The van der Waals surface area contributed by atoms with Gasteiger partial charge in [-0.2, -0.15) is 0 Å². The van der Waals surface area contributed by atoms with Gasteiger partial charge >= 0.3 is 0 Å². The number of rotatable bonds is 2. The number of amides is 1. The second kappa shape index (κ2) is 4.85. The first-order chi connectivity index (χ1) is 9.24. The molecule has 0 atom stereocenters. The van der Waals surface area contributed by atoms with E-state index in [2.05, 4.69) is 9.97 Å². The van der Waals surface area contributed by atoms with Crippen molar-refractivity contribution in [2.24, 2.45) is 0 Å². The van der Waals surface area contributed by atoms with E-state index in [1.54, 1.807) is 11.1 Å². The molecule has 0 spiro atoms. The van der Waals surface area contributed by atoms with E-state index in [-0.39, 0.29) is 12.5 Å². The number of para-hydroxylation sites is 2. The second-order valence-corrected chi connectivity index (χ2v) is 4.45. The molecule has 0 saturated carbocycles. The van der Waals surface area contributed by atoms with Gasteiger partial charge in [-0.05, 0) is 12.1 Å². The molecule has 0 unspecified atom stereocenters. The highest BCUT2D eigenvalue weighted by Crippen LogP contribution is 2.32. The van der Waals surface area contributed by atoms with Crippen molar-refractivity contribution >= 4 is 23.2 Å². The van der Waals surface area contributed by atoms with Crippen molar-refractivity contribution in [1.29, 1.82) is 0 Å². The van der Waals surface area contributed by atoms with Crippen molar-refractivity contribution in [3.8, 4) is 5.75 Å². The Morgan fingerprint density at radius 2 is 2.11 bits per heavy atom. The van der Waals surface area contributed by atoms with Crippen molar-refractivity contribution in [3.05, 3.63) is 47.5 Å². The van der Waals surface area contributed by atoms with Crippen LogP contribution < -0.4 is 9.64 Å². The van der Waals surface area contributed by atoms with Crippen LogP contribution >= 0.6 is 11.6 Å². The molecule has 0 radical (unpaired) electrons. The number of hydrogen-bond donors (Lipinski definition) is 0. The Hall–Kier alpha value is -2.14. The van der Waals surface area contributed by atoms with Crippen molar-refractivity contribution in [1.82, 2.24) is 9.97 Å². The van der Waals surface area contributed by atoms with Gasteiger partial charge in [-0.3, -0.25) is 14.7 Å². The first-order valence-corrected chi connectivity index (χ1v) is 6.10. The summed E-state index contributed by atoms with van der Waals surface area (Å²) in [5.41, 5.74) is 1.42. The van der Waals surface area contributed by atoms with E-state index in [0.717, 1.165) is 5.69 Å². The first kappa shape index (κ1) is 11.9. The Bertz CT molecular complexity index is 616. The number of halogens is 1. The number of nitrogens with zero attached hydrogens (tertiary/aromatic N) is 3. The monoisotopic (exact) mass is 275 g/mol. The summed E-state index contributed by atoms with van der Waals surface area (Å²) in [7, 11) is 0. The van der Waals surface area contributed by atoms with Crippen molar-refractivity contribution in [2.75, 3.05) is 11.5 Å². The van der Waals surface area contributed by atoms with Crippen LogP contribution in [-0.4, -0.2) is 22.5 Å². The van der Waals surface area contributed by atoms with E-state index >= 15 is 0 Å². The van der Waals surface area contributed by atoms with Crippen LogP contribution in [0.25, 0.3) is 0 Å². The number of carbonyl (C=O) groups excluding carboxylic acids is 1. The fraction of sp³-hybridized carbons (Fsp3) is 0.154. The number of benzene rings is 1. The van der Waals surface area contributed by atoms with Crippen LogP contribution in [0.5, 0.6) is 5.75 Å². The minimum atomic E-state index is -0.101. The third kappa shape index (κ3) is 2.37. The predicted octanol–water partition coefficient (Wildman–Crippen LogP) is 2.06. The molecule has 0 fully saturated rings. The van der Waals surface area contributed by atoms with Gasteiger partial charge in [-0.15, -0.1) is 0 Å². The third-order valence-electron chi connectivity index (χ3n) is 2.80. The van der Waals surface area contributed by atoms with Crippen LogP contribution in [0, 0.1) is 0 Å². The molecule has 1 aromatic carbocycles. The Kier molecular flexibility index (Phi) is 3.05. The van der Waals surface area contributed by atoms with Crippen LogP contribution in [0.1, 0.15) is 5.69 Å². The lowest BCUT2D eigenvalue weighted by Crippen LogP contribution is -2.38. The van der Waals surface area contributed by atoms with Gasteiger partial charge in [0.2, 0.25) is 0 Å². The second-order valence-electron chi connectivity index (χ2n) is 4.07. The summed E-state index contributed by atoms with van der Waals surface area (Å²) < 4.78 is 5.37. The fourth-order valence-corrected chi connectivity index (χ4v) is 2.01. The van der Waals surface area contributed by atoms with Crippen LogP contribution in [0.15, 0.2) is 36.7 Å². The minimum Gasteiger partial charge on any atom is -0.482 e. The zero-order valence-electron chi connectivity index (χ0n) is 9.91. The van der Waals surface area contributed by atoms with Gasteiger partial charge in [-0.25, -0.2) is 4.98 Å². The molecule has 0 saturated heterocycles. The molecule has 96 valence electrons. The lowest BCUT2D eigenvalue weighted by atomic mass is 10.2. The maximum Gasteiger partial charge on any atom is 0.265 e. The number of anilines is 1. The number of aromatic nitrogens is 2. The molecular weight excluding hydrogens is 266 g/mol. The average molecular weight is 276 g/mol. The molecule has 0 aliphatic carbocycles. The van der Waals surface area contributed by atoms with Gasteiger partial charge in [0, 0.05) is 0 Å². The zero-order chi connectivity index (χ0) is 13.2. The molecule has 2 aromatic rings. The SMILES string of the molecule is O=C1COc2ccccc2N1Cc1cnc(Cl)cn1. The van der Waals surface area contributed by atoms with E-state index in [4.69, 9.17) is 16.3 Å². The van der Waals surface area contributed by atoms with Gasteiger partial charge in [0.15, 0.2) is 6.61 Å². The first-order valence-electron chi connectivity index (χ1n) is 5.72. The Morgan fingerprint density at radius 1 is 1.26 bits per heavy atom. The molecule has 0 N–H and O–H groups in total. The maximum absolute atomic E-state index is 12.0. The third-order valence-corrected chi connectivity index (χ3v) is 3.00. The van der Waals surface area contributed by atoms with Crippen LogP contribution in [0.2, 0.25) is 5.15 Å². The summed E-state index contributed by atoms with van der Waals surface area (Å²) in [5.74, 6) is 0.597. The molecule has 1 amide bonds. The maximum atomic E-state index is 12.0. The highest BCUT2D eigenvalue weighted by molar-refractivity contribution is 6.29. The Labute approximate surface area is 114 Å². The van der Waals surface area contributed by atoms with Crippen LogP contribution in [-0.2, 0) is 11.3 Å². The molecular formula is C13H10ClN3O2. The molecule has 5 nitrogen and oxygen atoms in total. The Morgan fingerprint density at radius 3 is 2.89 bits per heavy atom. The van der Waals surface area contributed by atoms with Gasteiger partial charge in [0.25, 0.3) is 5.91 Å². The number of ether oxygens (including phenoxy) is 1. The van der Waals surface area contributed by atoms with Crippen molar-refractivity contribution < 1.29 is 9.53 Å². The van der Waals surface area contributed by atoms with E-state index < -0.39 is 0 Å². The van der Waals surface area contributed by atoms with Crippen LogP contribution in [0.4, 0.5) is 5.69 Å². The lowest BCUT2D eigenvalue weighted by Gasteiger charge is -2.28. The fourth-order valence-electron chi connectivity index (χ4n) is 1.91. The quantitative estimate of drug-likeness (QED) is 0.842. The summed E-state index contributed by atoms with van der Waals surface area (Å²) >= 11 is 5.69. The van der Waals surface area contributed by atoms with Crippen LogP contribution in [0.3, 0.4) is 0 Å². The predicted molar refractivity (Wildman–Crippen MR) is 70.2 cm³/mol. The average Bonchev–Trinajstić information content (AvgIpc) is 2.44. The van der Waals surface area contributed by atoms with E-state index in [9.17, 15) is 4.79 Å². The van der Waals surface area contributed by atoms with E-state index in [1.807, 2.05) is 24.3 Å². The van der Waals surface area contributed by atoms with Gasteiger partial charge in [0.05, 0.1) is 30.3 Å². The highest BCUT2D eigenvalue weighted by Gasteiger charge is 2.25. The summed E-state index contributed by atoms with van der Waals surface area (Å²) in [4.78, 5) is 21.7. The van der Waals surface area contributed by atoms with Gasteiger partial charge < -0.3 is 4.74 Å². The van der Waals surface area contributed by atoms with E-state index in [0.29, 0.717) is 23.1 Å². The Balaban J connectivity index is 1.91. The van der Waals surface area contributed by atoms with Crippen molar-refractivity contribution in [2.45, 2.75) is 6.54 Å².